The third-order valence-electron chi connectivity index (χ3n) is 4.09. The second kappa shape index (κ2) is 6.50. The molecule has 1 amide bonds. The fourth-order valence-electron chi connectivity index (χ4n) is 2.95. The van der Waals surface area contributed by atoms with Gasteiger partial charge in [-0.05, 0) is 37.9 Å². The summed E-state index contributed by atoms with van der Waals surface area (Å²) in [7, 11) is 0. The lowest BCUT2D eigenvalue weighted by molar-refractivity contribution is -0.132. The molecule has 7 nitrogen and oxygen atoms in total. The van der Waals surface area contributed by atoms with Gasteiger partial charge in [0.15, 0.2) is 5.65 Å². The molecular weight excluding hydrogens is 306 g/mol. The van der Waals surface area contributed by atoms with Gasteiger partial charge in [-0.15, -0.1) is 17.5 Å². The van der Waals surface area contributed by atoms with Gasteiger partial charge in [0.2, 0.25) is 5.91 Å². The standard InChI is InChI=1S/C14H19N5O2.ClH/c1-10-6-11(7-15)8-18(10)13(20)9-19-14(21)17-5-3-2-4-12(17)16-19;/h2-5,10-11H,6-9,15H2,1H3;1H. The third kappa shape index (κ3) is 2.86. The van der Waals surface area contributed by atoms with Gasteiger partial charge in [-0.25, -0.2) is 9.48 Å². The Bertz CT molecular complexity index is 725. The van der Waals surface area contributed by atoms with E-state index in [4.69, 9.17) is 5.73 Å². The molecule has 0 spiro atoms. The quantitative estimate of drug-likeness (QED) is 0.868. The zero-order valence-corrected chi connectivity index (χ0v) is 13.2. The number of pyridine rings is 1. The molecule has 0 radical (unpaired) electrons. The van der Waals surface area contributed by atoms with Crippen molar-refractivity contribution in [3.8, 4) is 0 Å². The molecule has 1 aliphatic heterocycles. The maximum absolute atomic E-state index is 12.4. The molecule has 0 aromatic carbocycles. The van der Waals surface area contributed by atoms with Gasteiger partial charge in [0.25, 0.3) is 0 Å². The van der Waals surface area contributed by atoms with Crippen LogP contribution in [0.25, 0.3) is 5.65 Å². The van der Waals surface area contributed by atoms with Gasteiger partial charge in [-0.3, -0.25) is 9.20 Å². The normalized spacial score (nSPS) is 21.1. The monoisotopic (exact) mass is 325 g/mol. The van der Waals surface area contributed by atoms with Crippen molar-refractivity contribution in [3.63, 3.8) is 0 Å². The summed E-state index contributed by atoms with van der Waals surface area (Å²) >= 11 is 0. The molecule has 2 aromatic heterocycles. The summed E-state index contributed by atoms with van der Waals surface area (Å²) < 4.78 is 2.66. The second-order valence-corrected chi connectivity index (χ2v) is 5.60. The summed E-state index contributed by atoms with van der Waals surface area (Å²) in [6.07, 6.45) is 2.57. The predicted octanol–water partition coefficient (Wildman–Crippen LogP) is 0.114. The number of amides is 1. The van der Waals surface area contributed by atoms with Gasteiger partial charge in [0, 0.05) is 18.8 Å². The minimum Gasteiger partial charge on any atom is -0.338 e. The number of fused-ring (bicyclic) bond motifs is 1. The summed E-state index contributed by atoms with van der Waals surface area (Å²) in [4.78, 5) is 26.3. The zero-order valence-electron chi connectivity index (χ0n) is 12.4. The van der Waals surface area contributed by atoms with Crippen molar-refractivity contribution in [3.05, 3.63) is 34.9 Å². The smallest absolute Gasteiger partial charge is 0.338 e. The first-order valence-corrected chi connectivity index (χ1v) is 7.14. The number of aromatic nitrogens is 3. The summed E-state index contributed by atoms with van der Waals surface area (Å²) in [5.74, 6) is 0.269. The number of nitrogens with zero attached hydrogens (tertiary/aromatic N) is 4. The molecule has 1 fully saturated rings. The van der Waals surface area contributed by atoms with E-state index < -0.39 is 0 Å². The molecule has 0 saturated carbocycles. The van der Waals surface area contributed by atoms with E-state index in [1.54, 1.807) is 23.2 Å². The lowest BCUT2D eigenvalue weighted by Gasteiger charge is -2.21. The van der Waals surface area contributed by atoms with E-state index >= 15 is 0 Å². The van der Waals surface area contributed by atoms with E-state index in [9.17, 15) is 9.59 Å². The number of hydrogen-bond acceptors (Lipinski definition) is 4. The minimum absolute atomic E-state index is 0. The number of nitrogens with two attached hydrogens (primary N) is 1. The lowest BCUT2D eigenvalue weighted by atomic mass is 10.1. The second-order valence-electron chi connectivity index (χ2n) is 5.60. The molecule has 3 rings (SSSR count). The number of carbonyl (C=O) groups is 1. The van der Waals surface area contributed by atoms with Crippen LogP contribution in [0.1, 0.15) is 13.3 Å². The largest absolute Gasteiger partial charge is 0.350 e. The SMILES string of the molecule is CC1CC(CN)CN1C(=O)Cn1nc2ccccn2c1=O.Cl. The molecule has 2 aromatic rings. The Balaban J connectivity index is 0.00000176. The van der Waals surface area contributed by atoms with Gasteiger partial charge >= 0.3 is 5.69 Å². The van der Waals surface area contributed by atoms with Crippen molar-refractivity contribution >= 4 is 24.0 Å². The number of rotatable bonds is 3. The van der Waals surface area contributed by atoms with E-state index in [0.29, 0.717) is 24.7 Å². The van der Waals surface area contributed by atoms with Crippen molar-refractivity contribution in [2.75, 3.05) is 13.1 Å². The molecule has 1 aliphatic rings. The Labute approximate surface area is 134 Å². The maximum Gasteiger partial charge on any atom is 0.350 e. The number of hydrogen-bond donors (Lipinski definition) is 1. The van der Waals surface area contributed by atoms with E-state index in [1.165, 1.54) is 9.08 Å². The van der Waals surface area contributed by atoms with E-state index in [-0.39, 0.29) is 36.6 Å². The molecule has 1 saturated heterocycles. The van der Waals surface area contributed by atoms with Crippen LogP contribution in [0.2, 0.25) is 0 Å². The molecule has 0 bridgehead atoms. The molecule has 2 atom stereocenters. The van der Waals surface area contributed by atoms with Crippen LogP contribution in [-0.4, -0.2) is 44.1 Å². The van der Waals surface area contributed by atoms with Crippen LogP contribution in [0, 0.1) is 5.92 Å². The van der Waals surface area contributed by atoms with Gasteiger partial charge in [0.1, 0.15) is 6.54 Å². The van der Waals surface area contributed by atoms with Crippen molar-refractivity contribution in [2.24, 2.45) is 11.7 Å². The molecule has 0 aliphatic carbocycles. The first kappa shape index (κ1) is 16.5. The fraction of sp³-hybridized carbons (Fsp3) is 0.500. The lowest BCUT2D eigenvalue weighted by Crippen LogP contribution is -2.39. The Morgan fingerprint density at radius 1 is 1.45 bits per heavy atom. The van der Waals surface area contributed by atoms with Crippen LogP contribution in [0.5, 0.6) is 0 Å². The van der Waals surface area contributed by atoms with Crippen molar-refractivity contribution in [1.29, 1.82) is 0 Å². The first-order valence-electron chi connectivity index (χ1n) is 7.14. The average molecular weight is 326 g/mol. The Morgan fingerprint density at radius 3 is 2.86 bits per heavy atom. The Hall–Kier alpha value is -1.86. The van der Waals surface area contributed by atoms with Crippen molar-refractivity contribution in [2.45, 2.75) is 25.9 Å². The van der Waals surface area contributed by atoms with Gasteiger partial charge < -0.3 is 10.6 Å². The number of carbonyl (C=O) groups excluding carboxylic acids is 1. The van der Waals surface area contributed by atoms with Gasteiger partial charge in [0.05, 0.1) is 0 Å². The molecule has 8 heteroatoms. The van der Waals surface area contributed by atoms with Crippen LogP contribution in [-0.2, 0) is 11.3 Å². The topological polar surface area (TPSA) is 85.6 Å². The molecule has 2 N–H and O–H groups in total. The maximum atomic E-state index is 12.4. The minimum atomic E-state index is -0.291. The molecule has 3 heterocycles. The average Bonchev–Trinajstić information content (AvgIpc) is 3.01. The molecule has 120 valence electrons. The van der Waals surface area contributed by atoms with E-state index in [2.05, 4.69) is 5.10 Å². The Morgan fingerprint density at radius 2 is 2.23 bits per heavy atom. The summed E-state index contributed by atoms with van der Waals surface area (Å²) in [6.45, 7) is 3.24. The van der Waals surface area contributed by atoms with E-state index in [0.717, 1.165) is 6.42 Å². The molecule has 22 heavy (non-hydrogen) atoms. The zero-order chi connectivity index (χ0) is 15.0. The predicted molar refractivity (Wildman–Crippen MR) is 85.0 cm³/mol. The highest BCUT2D eigenvalue weighted by atomic mass is 35.5. The van der Waals surface area contributed by atoms with Crippen LogP contribution >= 0.6 is 12.4 Å². The first-order chi connectivity index (χ1) is 10.1. The van der Waals surface area contributed by atoms with Crippen molar-refractivity contribution < 1.29 is 4.79 Å². The summed E-state index contributed by atoms with van der Waals surface area (Å²) in [6, 6.07) is 5.48. The Kier molecular flexibility index (Phi) is 4.87. The summed E-state index contributed by atoms with van der Waals surface area (Å²) in [5.41, 5.74) is 5.93. The highest BCUT2D eigenvalue weighted by Crippen LogP contribution is 2.22. The number of halogens is 1. The van der Waals surface area contributed by atoms with Crippen LogP contribution < -0.4 is 11.4 Å². The van der Waals surface area contributed by atoms with E-state index in [1.807, 2.05) is 13.0 Å². The third-order valence-corrected chi connectivity index (χ3v) is 4.09. The summed E-state index contributed by atoms with van der Waals surface area (Å²) in [5, 5.41) is 4.18. The molecule has 2 unspecified atom stereocenters. The van der Waals surface area contributed by atoms with Crippen LogP contribution in [0.3, 0.4) is 0 Å². The van der Waals surface area contributed by atoms with Crippen molar-refractivity contribution in [1.82, 2.24) is 19.1 Å². The fourth-order valence-corrected chi connectivity index (χ4v) is 2.95. The van der Waals surface area contributed by atoms with Crippen LogP contribution in [0.15, 0.2) is 29.2 Å². The van der Waals surface area contributed by atoms with Gasteiger partial charge in [-0.2, -0.15) is 0 Å². The highest BCUT2D eigenvalue weighted by Gasteiger charge is 2.31. The molecular formula is C14H20ClN5O2. The highest BCUT2D eigenvalue weighted by molar-refractivity contribution is 5.85. The van der Waals surface area contributed by atoms with Gasteiger partial charge in [-0.1, -0.05) is 6.07 Å². The number of likely N-dealkylation sites (tertiary alicyclic amines) is 1. The van der Waals surface area contributed by atoms with Crippen LogP contribution in [0.4, 0.5) is 0 Å².